The minimum Gasteiger partial charge on any atom is -0.372 e. The molecule has 0 aromatic heterocycles. The molecule has 0 bridgehead atoms. The van der Waals surface area contributed by atoms with Crippen LogP contribution >= 0.6 is 11.6 Å². The zero-order valence-electron chi connectivity index (χ0n) is 19.7. The van der Waals surface area contributed by atoms with Gasteiger partial charge in [0.1, 0.15) is 6.04 Å². The Kier molecular flexibility index (Phi) is 8.39. The Labute approximate surface area is 208 Å². The van der Waals surface area contributed by atoms with Gasteiger partial charge in [-0.1, -0.05) is 37.9 Å². The van der Waals surface area contributed by atoms with Gasteiger partial charge in [0.25, 0.3) is 0 Å². The van der Waals surface area contributed by atoms with Gasteiger partial charge in [0.05, 0.1) is 21.2 Å². The monoisotopic (exact) mass is 531 g/mol. The van der Waals surface area contributed by atoms with Crippen LogP contribution in [0.2, 0.25) is 5.02 Å². The Hall–Kier alpha value is -2.30. The van der Waals surface area contributed by atoms with Crippen LogP contribution in [0.3, 0.4) is 0 Å². The smallest absolute Gasteiger partial charge is 0.372 e. The minimum atomic E-state index is -4.53. The molecule has 0 saturated carbocycles. The zero-order valence-corrected chi connectivity index (χ0v) is 21.3. The van der Waals surface area contributed by atoms with Crippen LogP contribution in [0, 0.1) is 12.8 Å². The molecule has 35 heavy (non-hydrogen) atoms. The number of benzene rings is 2. The predicted molar refractivity (Wildman–Crippen MR) is 131 cm³/mol. The van der Waals surface area contributed by atoms with E-state index >= 15 is 0 Å². The first-order chi connectivity index (χ1) is 16.3. The van der Waals surface area contributed by atoms with Crippen LogP contribution in [-0.2, 0) is 21.0 Å². The third-order valence-corrected chi connectivity index (χ3v) is 8.18. The molecule has 1 aliphatic heterocycles. The lowest BCUT2D eigenvalue weighted by Gasteiger charge is -2.26. The Morgan fingerprint density at radius 1 is 1.03 bits per heavy atom. The van der Waals surface area contributed by atoms with E-state index in [0.29, 0.717) is 24.3 Å². The molecule has 1 aliphatic rings. The van der Waals surface area contributed by atoms with Crippen molar-refractivity contribution in [3.63, 3.8) is 0 Å². The summed E-state index contributed by atoms with van der Waals surface area (Å²) in [6.07, 6.45) is -1.92. The van der Waals surface area contributed by atoms with E-state index in [2.05, 4.69) is 10.6 Å². The van der Waals surface area contributed by atoms with Crippen molar-refractivity contribution in [3.05, 3.63) is 52.5 Å². The first-order valence-electron chi connectivity index (χ1n) is 11.4. The second-order valence-electron chi connectivity index (χ2n) is 8.99. The van der Waals surface area contributed by atoms with Gasteiger partial charge in [-0.05, 0) is 61.6 Å². The van der Waals surface area contributed by atoms with Crippen LogP contribution in [0.1, 0.15) is 44.2 Å². The molecule has 1 heterocycles. The SMILES string of the molecule is Cc1ccc(S(=O)(=O)N2CCCCC2)cc1NC(=O)[C@@H](Nc1ccc(C(F)(F)F)cc1Cl)C(C)C. The van der Waals surface area contributed by atoms with E-state index in [9.17, 15) is 26.4 Å². The van der Waals surface area contributed by atoms with E-state index in [1.807, 2.05) is 0 Å². The average Bonchev–Trinajstić information content (AvgIpc) is 2.79. The molecule has 1 saturated heterocycles. The molecule has 1 atom stereocenters. The number of rotatable bonds is 7. The highest BCUT2D eigenvalue weighted by Crippen LogP contribution is 2.34. The molecule has 0 unspecified atom stereocenters. The summed E-state index contributed by atoms with van der Waals surface area (Å²) < 4.78 is 66.4. The van der Waals surface area contributed by atoms with Gasteiger partial charge in [0.15, 0.2) is 0 Å². The summed E-state index contributed by atoms with van der Waals surface area (Å²) in [7, 11) is -3.69. The highest BCUT2D eigenvalue weighted by atomic mass is 35.5. The van der Waals surface area contributed by atoms with Crippen molar-refractivity contribution >= 4 is 38.9 Å². The summed E-state index contributed by atoms with van der Waals surface area (Å²) in [4.78, 5) is 13.3. The van der Waals surface area contributed by atoms with E-state index in [0.717, 1.165) is 31.4 Å². The van der Waals surface area contributed by atoms with Gasteiger partial charge in [-0.2, -0.15) is 17.5 Å². The summed E-state index contributed by atoms with van der Waals surface area (Å²) in [6, 6.07) is 6.64. The van der Waals surface area contributed by atoms with E-state index in [1.54, 1.807) is 26.8 Å². The van der Waals surface area contributed by atoms with E-state index in [1.165, 1.54) is 22.5 Å². The maximum Gasteiger partial charge on any atom is 0.416 e. The summed E-state index contributed by atoms with van der Waals surface area (Å²) in [5, 5.41) is 5.54. The predicted octanol–water partition coefficient (Wildman–Crippen LogP) is 5.92. The summed E-state index contributed by atoms with van der Waals surface area (Å²) in [5.74, 6) is -0.722. The lowest BCUT2D eigenvalue weighted by atomic mass is 10.0. The molecule has 0 aliphatic carbocycles. The van der Waals surface area contributed by atoms with Crippen molar-refractivity contribution in [1.82, 2.24) is 4.31 Å². The van der Waals surface area contributed by atoms with Crippen LogP contribution in [0.5, 0.6) is 0 Å². The molecule has 6 nitrogen and oxygen atoms in total. The number of nitrogens with one attached hydrogen (secondary N) is 2. The summed E-state index contributed by atoms with van der Waals surface area (Å²) >= 11 is 6.05. The molecule has 192 valence electrons. The fourth-order valence-corrected chi connectivity index (χ4v) is 5.65. The number of carbonyl (C=O) groups excluding carboxylic acids is 1. The van der Waals surface area contributed by atoms with Gasteiger partial charge >= 0.3 is 6.18 Å². The Morgan fingerprint density at radius 2 is 1.69 bits per heavy atom. The number of anilines is 2. The highest BCUT2D eigenvalue weighted by Gasteiger charge is 2.32. The molecule has 1 fully saturated rings. The molecule has 11 heteroatoms. The number of carbonyl (C=O) groups is 1. The number of nitrogens with zero attached hydrogens (tertiary/aromatic N) is 1. The number of piperidine rings is 1. The number of amides is 1. The van der Waals surface area contributed by atoms with Gasteiger partial charge in [-0.25, -0.2) is 8.42 Å². The van der Waals surface area contributed by atoms with Crippen LogP contribution in [0.25, 0.3) is 0 Å². The molecule has 2 N–H and O–H groups in total. The fourth-order valence-electron chi connectivity index (χ4n) is 3.87. The lowest BCUT2D eigenvalue weighted by Crippen LogP contribution is -2.39. The van der Waals surface area contributed by atoms with Crippen molar-refractivity contribution in [3.8, 4) is 0 Å². The van der Waals surface area contributed by atoms with Gasteiger partial charge in [-0.3, -0.25) is 4.79 Å². The molecule has 2 aromatic carbocycles. The quantitative estimate of drug-likeness (QED) is 0.465. The molecule has 0 spiro atoms. The Morgan fingerprint density at radius 3 is 2.26 bits per heavy atom. The van der Waals surface area contributed by atoms with E-state index in [-0.39, 0.29) is 21.5 Å². The zero-order chi connectivity index (χ0) is 26.0. The number of hydrogen-bond donors (Lipinski definition) is 2. The largest absolute Gasteiger partial charge is 0.416 e. The number of halogens is 4. The minimum absolute atomic E-state index is 0.0974. The first-order valence-corrected chi connectivity index (χ1v) is 13.2. The van der Waals surface area contributed by atoms with E-state index in [4.69, 9.17) is 11.6 Å². The number of aryl methyl sites for hydroxylation is 1. The maximum atomic E-state index is 13.2. The first kappa shape index (κ1) is 27.3. The Balaban J connectivity index is 1.82. The molecular formula is C24H29ClF3N3O3S. The van der Waals surface area contributed by atoms with Crippen molar-refractivity contribution in [2.24, 2.45) is 5.92 Å². The van der Waals surface area contributed by atoms with Crippen molar-refractivity contribution in [1.29, 1.82) is 0 Å². The van der Waals surface area contributed by atoms with Crippen molar-refractivity contribution in [2.45, 2.75) is 57.1 Å². The Bertz CT molecular complexity index is 1180. The second kappa shape index (κ2) is 10.8. The normalized spacial score (nSPS) is 16.2. The van der Waals surface area contributed by atoms with E-state index < -0.39 is 33.7 Å². The van der Waals surface area contributed by atoms with Crippen LogP contribution in [-0.4, -0.2) is 37.8 Å². The maximum absolute atomic E-state index is 13.2. The third kappa shape index (κ3) is 6.48. The number of hydrogen-bond acceptors (Lipinski definition) is 4. The average molecular weight is 532 g/mol. The van der Waals surface area contributed by atoms with Crippen molar-refractivity contribution < 1.29 is 26.4 Å². The fraction of sp³-hybridized carbons (Fsp3) is 0.458. The number of alkyl halides is 3. The van der Waals surface area contributed by atoms with Crippen LogP contribution < -0.4 is 10.6 Å². The molecular weight excluding hydrogens is 503 g/mol. The molecule has 1 amide bonds. The second-order valence-corrected chi connectivity index (χ2v) is 11.3. The summed E-state index contributed by atoms with van der Waals surface area (Å²) in [5.41, 5.74) is 0.317. The topological polar surface area (TPSA) is 78.5 Å². The van der Waals surface area contributed by atoms with Crippen molar-refractivity contribution in [2.75, 3.05) is 23.7 Å². The van der Waals surface area contributed by atoms with Gasteiger partial charge in [0.2, 0.25) is 15.9 Å². The molecule has 3 rings (SSSR count). The highest BCUT2D eigenvalue weighted by molar-refractivity contribution is 7.89. The number of sulfonamides is 1. The molecule has 0 radical (unpaired) electrons. The van der Waals surface area contributed by atoms with Gasteiger partial charge < -0.3 is 10.6 Å². The standard InChI is InChI=1S/C24H29ClF3N3O3S/c1-15(2)22(29-20-10-8-17(13-19(20)25)24(26,27)28)23(32)30-21-14-18(9-7-16(21)3)35(33,34)31-11-5-4-6-12-31/h7-10,13-15,22,29H,4-6,11-12H2,1-3H3,(H,30,32)/t22-/m0/s1. The molecule has 2 aromatic rings. The van der Waals surface area contributed by atoms with Crippen LogP contribution in [0.4, 0.5) is 24.5 Å². The van der Waals surface area contributed by atoms with Gasteiger partial charge in [0, 0.05) is 18.8 Å². The summed E-state index contributed by atoms with van der Waals surface area (Å²) in [6.45, 7) is 6.23. The van der Waals surface area contributed by atoms with Crippen LogP contribution in [0.15, 0.2) is 41.3 Å². The third-order valence-electron chi connectivity index (χ3n) is 5.98. The van der Waals surface area contributed by atoms with Gasteiger partial charge in [-0.15, -0.1) is 0 Å². The lowest BCUT2D eigenvalue weighted by molar-refractivity contribution is -0.137.